The number of nitrogens with zero attached hydrogens (tertiary/aromatic N) is 1. The minimum Gasteiger partial charge on any atom is -0.496 e. The van der Waals surface area contributed by atoms with Gasteiger partial charge in [0.15, 0.2) is 0 Å². The molecular weight excluding hydrogens is 255 g/mol. The molecule has 0 spiro atoms. The van der Waals surface area contributed by atoms with Gasteiger partial charge in [-0.15, -0.1) is 0 Å². The van der Waals surface area contributed by atoms with Crippen LogP contribution >= 0.6 is 0 Å². The van der Waals surface area contributed by atoms with Gasteiger partial charge in [-0.05, 0) is 45.9 Å². The first-order chi connectivity index (χ1) is 9.54. The van der Waals surface area contributed by atoms with Crippen molar-refractivity contribution in [1.29, 1.82) is 0 Å². The van der Waals surface area contributed by atoms with Gasteiger partial charge in [0.2, 0.25) is 0 Å². The van der Waals surface area contributed by atoms with Gasteiger partial charge in [0.1, 0.15) is 11.6 Å². The smallest absolute Gasteiger partial charge is 0.131 e. The van der Waals surface area contributed by atoms with Crippen molar-refractivity contribution in [3.05, 3.63) is 29.6 Å². The zero-order valence-electron chi connectivity index (χ0n) is 12.8. The molecule has 4 heteroatoms. The second-order valence-corrected chi connectivity index (χ2v) is 5.73. The number of rotatable bonds is 7. The summed E-state index contributed by atoms with van der Waals surface area (Å²) in [4.78, 5) is 2.40. The van der Waals surface area contributed by atoms with Crippen LogP contribution in [0, 0.1) is 5.82 Å². The topological polar surface area (TPSA) is 24.5 Å². The molecule has 112 valence electrons. The van der Waals surface area contributed by atoms with Crippen LogP contribution in [-0.4, -0.2) is 37.7 Å². The van der Waals surface area contributed by atoms with E-state index < -0.39 is 0 Å². The lowest BCUT2D eigenvalue weighted by atomic mass is 10.1. The average Bonchev–Trinajstić information content (AvgIpc) is 3.27. The molecule has 3 nitrogen and oxygen atoms in total. The molecule has 20 heavy (non-hydrogen) atoms. The summed E-state index contributed by atoms with van der Waals surface area (Å²) in [5, 5.41) is 3.42. The van der Waals surface area contributed by atoms with E-state index >= 15 is 0 Å². The van der Waals surface area contributed by atoms with E-state index in [2.05, 4.69) is 24.2 Å². The lowest BCUT2D eigenvalue weighted by Gasteiger charge is -2.27. The largest absolute Gasteiger partial charge is 0.496 e. The minimum absolute atomic E-state index is 0.0683. The Kier molecular flexibility index (Phi) is 5.00. The molecule has 1 N–H and O–H groups in total. The molecule has 0 aromatic heterocycles. The Morgan fingerprint density at radius 1 is 1.40 bits per heavy atom. The first-order valence-corrected chi connectivity index (χ1v) is 7.32. The van der Waals surface area contributed by atoms with Crippen molar-refractivity contribution in [2.24, 2.45) is 0 Å². The van der Waals surface area contributed by atoms with E-state index in [1.807, 2.05) is 6.92 Å². The second kappa shape index (κ2) is 6.55. The number of hydrogen-bond donors (Lipinski definition) is 1. The molecule has 1 aromatic rings. The summed E-state index contributed by atoms with van der Waals surface area (Å²) < 4.78 is 19.2. The van der Waals surface area contributed by atoms with Crippen LogP contribution in [0.5, 0.6) is 5.75 Å². The predicted octanol–water partition coefficient (Wildman–Crippen LogP) is 2.97. The van der Waals surface area contributed by atoms with Gasteiger partial charge < -0.3 is 10.1 Å². The molecule has 0 bridgehead atoms. The van der Waals surface area contributed by atoms with E-state index in [4.69, 9.17) is 4.74 Å². The Morgan fingerprint density at radius 3 is 2.70 bits per heavy atom. The van der Waals surface area contributed by atoms with Gasteiger partial charge in [-0.1, -0.05) is 6.07 Å². The highest BCUT2D eigenvalue weighted by Crippen LogP contribution is 2.29. The SMILES string of the molecule is COc1cccc(F)c1C(C)NCC(C)N(C)C1CC1. The van der Waals surface area contributed by atoms with Gasteiger partial charge in [-0.25, -0.2) is 4.39 Å². The second-order valence-electron chi connectivity index (χ2n) is 5.73. The standard InChI is InChI=1S/C16H25FN2O/c1-11(19(3)13-8-9-13)10-18-12(2)16-14(17)6-5-7-15(16)20-4/h5-7,11-13,18H,8-10H2,1-4H3. The fourth-order valence-electron chi connectivity index (χ4n) is 2.55. The van der Waals surface area contributed by atoms with Crippen LogP contribution in [0.3, 0.4) is 0 Å². The van der Waals surface area contributed by atoms with Gasteiger partial charge in [0.25, 0.3) is 0 Å². The van der Waals surface area contributed by atoms with Crippen molar-refractivity contribution in [2.45, 2.75) is 44.8 Å². The number of benzene rings is 1. The Labute approximate surface area is 121 Å². The Morgan fingerprint density at radius 2 is 2.10 bits per heavy atom. The third kappa shape index (κ3) is 3.49. The van der Waals surface area contributed by atoms with Crippen molar-refractivity contribution in [1.82, 2.24) is 10.2 Å². The molecule has 2 atom stereocenters. The molecule has 0 aliphatic heterocycles. The quantitative estimate of drug-likeness (QED) is 0.831. The first-order valence-electron chi connectivity index (χ1n) is 7.32. The van der Waals surface area contributed by atoms with Gasteiger partial charge in [0.05, 0.1) is 7.11 Å². The van der Waals surface area contributed by atoms with Crippen LogP contribution in [0.1, 0.15) is 38.3 Å². The van der Waals surface area contributed by atoms with Crippen LogP contribution in [0.4, 0.5) is 4.39 Å². The zero-order valence-corrected chi connectivity index (χ0v) is 12.8. The molecule has 1 aliphatic rings. The summed E-state index contributed by atoms with van der Waals surface area (Å²) in [6.45, 7) is 5.02. The van der Waals surface area contributed by atoms with Crippen molar-refractivity contribution in [3.8, 4) is 5.75 Å². The summed E-state index contributed by atoms with van der Waals surface area (Å²) in [5.41, 5.74) is 0.608. The van der Waals surface area contributed by atoms with Gasteiger partial charge in [0, 0.05) is 30.2 Å². The maximum atomic E-state index is 14.0. The number of halogens is 1. The molecule has 0 amide bonds. The van der Waals surface area contributed by atoms with Crippen LogP contribution in [0.2, 0.25) is 0 Å². The van der Waals surface area contributed by atoms with Crippen molar-refractivity contribution in [3.63, 3.8) is 0 Å². The molecule has 0 saturated heterocycles. The highest BCUT2D eigenvalue weighted by Gasteiger charge is 2.29. The summed E-state index contributed by atoms with van der Waals surface area (Å²) in [6, 6.07) is 6.08. The maximum absolute atomic E-state index is 14.0. The van der Waals surface area contributed by atoms with E-state index in [0.29, 0.717) is 17.4 Å². The summed E-state index contributed by atoms with van der Waals surface area (Å²) in [5.74, 6) is 0.390. The van der Waals surface area contributed by atoms with Crippen LogP contribution in [0.15, 0.2) is 18.2 Å². The first kappa shape index (κ1) is 15.3. The van der Waals surface area contributed by atoms with Crippen molar-refractivity contribution >= 4 is 0 Å². The van der Waals surface area contributed by atoms with E-state index in [-0.39, 0.29) is 11.9 Å². The van der Waals surface area contributed by atoms with Crippen molar-refractivity contribution in [2.75, 3.05) is 20.7 Å². The normalized spacial score (nSPS) is 18.1. The van der Waals surface area contributed by atoms with E-state index in [1.54, 1.807) is 19.2 Å². The number of methoxy groups -OCH3 is 1. The predicted molar refractivity (Wildman–Crippen MR) is 79.6 cm³/mol. The summed E-state index contributed by atoms with van der Waals surface area (Å²) >= 11 is 0. The zero-order chi connectivity index (χ0) is 14.7. The lowest BCUT2D eigenvalue weighted by molar-refractivity contribution is 0.236. The van der Waals surface area contributed by atoms with Gasteiger partial charge >= 0.3 is 0 Å². The molecular formula is C16H25FN2O. The van der Waals surface area contributed by atoms with E-state index in [9.17, 15) is 4.39 Å². The minimum atomic E-state index is -0.215. The Bertz CT molecular complexity index is 448. The van der Waals surface area contributed by atoms with Crippen LogP contribution < -0.4 is 10.1 Å². The highest BCUT2D eigenvalue weighted by molar-refractivity contribution is 5.36. The summed E-state index contributed by atoms with van der Waals surface area (Å²) in [7, 11) is 3.74. The number of hydrogen-bond acceptors (Lipinski definition) is 3. The number of likely N-dealkylation sites (N-methyl/N-ethyl adjacent to an activating group) is 1. The van der Waals surface area contributed by atoms with E-state index in [0.717, 1.165) is 12.6 Å². The fraction of sp³-hybridized carbons (Fsp3) is 0.625. The molecule has 1 saturated carbocycles. The van der Waals surface area contributed by atoms with Gasteiger partial charge in [-0.2, -0.15) is 0 Å². The van der Waals surface area contributed by atoms with Crippen LogP contribution in [-0.2, 0) is 0 Å². The Balaban J connectivity index is 1.96. The van der Waals surface area contributed by atoms with Crippen molar-refractivity contribution < 1.29 is 9.13 Å². The lowest BCUT2D eigenvalue weighted by Crippen LogP contribution is -2.40. The van der Waals surface area contributed by atoms with Gasteiger partial charge in [-0.3, -0.25) is 4.90 Å². The van der Waals surface area contributed by atoms with E-state index in [1.165, 1.54) is 18.9 Å². The molecule has 2 unspecified atom stereocenters. The molecule has 1 aliphatic carbocycles. The molecule has 1 fully saturated rings. The molecule has 0 radical (unpaired) electrons. The monoisotopic (exact) mass is 280 g/mol. The summed E-state index contributed by atoms with van der Waals surface area (Å²) in [6.07, 6.45) is 2.61. The Hall–Kier alpha value is -1.13. The highest BCUT2D eigenvalue weighted by atomic mass is 19.1. The molecule has 1 aromatic carbocycles. The average molecular weight is 280 g/mol. The molecule has 0 heterocycles. The number of nitrogens with one attached hydrogen (secondary N) is 1. The fourth-order valence-corrected chi connectivity index (χ4v) is 2.55. The van der Waals surface area contributed by atoms with Crippen LogP contribution in [0.25, 0.3) is 0 Å². The third-order valence-corrected chi connectivity index (χ3v) is 4.20. The third-order valence-electron chi connectivity index (χ3n) is 4.20. The number of ether oxygens (including phenoxy) is 1. The molecule has 2 rings (SSSR count). The maximum Gasteiger partial charge on any atom is 0.131 e.